The molecule has 1 rings (SSSR count). The molecule has 0 amide bonds. The first-order valence-corrected chi connectivity index (χ1v) is 7.73. The zero-order valence-electron chi connectivity index (χ0n) is 13.2. The van der Waals surface area contributed by atoms with E-state index < -0.39 is 0 Å². The van der Waals surface area contributed by atoms with Crippen LogP contribution < -0.4 is 5.32 Å². The monoisotopic (exact) mass is 272 g/mol. The van der Waals surface area contributed by atoms with Crippen molar-refractivity contribution in [3.05, 3.63) is 0 Å². The number of ether oxygens (including phenoxy) is 2. The topological polar surface area (TPSA) is 33.7 Å². The summed E-state index contributed by atoms with van der Waals surface area (Å²) in [4.78, 5) is 2.41. The molecule has 0 spiro atoms. The molecule has 114 valence electrons. The number of nitrogens with one attached hydrogen (secondary N) is 1. The van der Waals surface area contributed by atoms with E-state index in [1.807, 2.05) is 0 Å². The van der Waals surface area contributed by atoms with Crippen molar-refractivity contribution in [2.24, 2.45) is 5.92 Å². The van der Waals surface area contributed by atoms with Gasteiger partial charge < -0.3 is 14.8 Å². The van der Waals surface area contributed by atoms with Crippen LogP contribution in [0, 0.1) is 5.92 Å². The molecule has 4 nitrogen and oxygen atoms in total. The van der Waals surface area contributed by atoms with E-state index in [0.29, 0.717) is 18.1 Å². The number of methoxy groups -OCH3 is 1. The summed E-state index contributed by atoms with van der Waals surface area (Å²) in [7, 11) is 1.76. The van der Waals surface area contributed by atoms with Gasteiger partial charge in [0.15, 0.2) is 0 Å². The fourth-order valence-corrected chi connectivity index (χ4v) is 2.48. The maximum atomic E-state index is 6.11. The molecule has 0 radical (unpaired) electrons. The SMILES string of the molecule is CCN(CCOC)CC1CCC(CNCC(C)C)O1. The second-order valence-electron chi connectivity index (χ2n) is 5.90. The highest BCUT2D eigenvalue weighted by atomic mass is 16.5. The molecule has 1 saturated heterocycles. The summed E-state index contributed by atoms with van der Waals surface area (Å²) < 4.78 is 11.3. The number of hydrogen-bond donors (Lipinski definition) is 1. The van der Waals surface area contributed by atoms with Crippen LogP contribution >= 0.6 is 0 Å². The molecule has 0 saturated carbocycles. The zero-order valence-corrected chi connectivity index (χ0v) is 13.2. The Kier molecular flexibility index (Phi) is 8.62. The minimum absolute atomic E-state index is 0.405. The third kappa shape index (κ3) is 7.25. The van der Waals surface area contributed by atoms with E-state index in [0.717, 1.165) is 39.3 Å². The molecule has 0 aliphatic carbocycles. The lowest BCUT2D eigenvalue weighted by molar-refractivity contribution is 0.0197. The van der Waals surface area contributed by atoms with Crippen LogP contribution in [0.1, 0.15) is 33.6 Å². The molecule has 2 atom stereocenters. The van der Waals surface area contributed by atoms with Gasteiger partial charge in [0.25, 0.3) is 0 Å². The second kappa shape index (κ2) is 9.70. The fraction of sp³-hybridized carbons (Fsp3) is 1.00. The third-order valence-corrected chi connectivity index (χ3v) is 3.64. The Labute approximate surface area is 118 Å². The molecule has 2 unspecified atom stereocenters. The average Bonchev–Trinajstić information content (AvgIpc) is 2.81. The van der Waals surface area contributed by atoms with E-state index in [1.54, 1.807) is 7.11 Å². The van der Waals surface area contributed by atoms with Crippen molar-refractivity contribution < 1.29 is 9.47 Å². The molecule has 1 N–H and O–H groups in total. The molecule has 1 heterocycles. The molecule has 0 aromatic carbocycles. The Hall–Kier alpha value is -0.160. The first-order chi connectivity index (χ1) is 9.15. The molecular weight excluding hydrogens is 240 g/mol. The average molecular weight is 272 g/mol. The quantitative estimate of drug-likeness (QED) is 0.657. The lowest BCUT2D eigenvalue weighted by atomic mass is 10.1. The van der Waals surface area contributed by atoms with Crippen LogP contribution in [0.3, 0.4) is 0 Å². The molecule has 19 heavy (non-hydrogen) atoms. The Morgan fingerprint density at radius 2 is 2.05 bits per heavy atom. The fourth-order valence-electron chi connectivity index (χ4n) is 2.48. The van der Waals surface area contributed by atoms with Crippen molar-refractivity contribution in [3.63, 3.8) is 0 Å². The van der Waals surface area contributed by atoms with Gasteiger partial charge in [0.05, 0.1) is 18.8 Å². The van der Waals surface area contributed by atoms with Crippen LogP contribution in [0.5, 0.6) is 0 Å². The zero-order chi connectivity index (χ0) is 14.1. The number of nitrogens with zero attached hydrogens (tertiary/aromatic N) is 1. The number of hydrogen-bond acceptors (Lipinski definition) is 4. The second-order valence-corrected chi connectivity index (χ2v) is 5.90. The molecule has 0 bridgehead atoms. The molecule has 0 aromatic rings. The summed E-state index contributed by atoms with van der Waals surface area (Å²) in [5, 5.41) is 3.49. The highest BCUT2D eigenvalue weighted by Gasteiger charge is 2.26. The van der Waals surface area contributed by atoms with Crippen molar-refractivity contribution in [1.82, 2.24) is 10.2 Å². The van der Waals surface area contributed by atoms with Gasteiger partial charge in [-0.2, -0.15) is 0 Å². The summed E-state index contributed by atoms with van der Waals surface area (Å²) in [5.74, 6) is 0.710. The summed E-state index contributed by atoms with van der Waals surface area (Å²) >= 11 is 0. The van der Waals surface area contributed by atoms with Gasteiger partial charge >= 0.3 is 0 Å². The van der Waals surface area contributed by atoms with Crippen molar-refractivity contribution in [2.45, 2.75) is 45.8 Å². The van der Waals surface area contributed by atoms with Crippen LogP contribution in [0.25, 0.3) is 0 Å². The van der Waals surface area contributed by atoms with Crippen molar-refractivity contribution in [2.75, 3.05) is 46.4 Å². The Bertz CT molecular complexity index is 224. The largest absolute Gasteiger partial charge is 0.383 e. The minimum Gasteiger partial charge on any atom is -0.383 e. The van der Waals surface area contributed by atoms with E-state index in [2.05, 4.69) is 31.0 Å². The molecule has 1 fully saturated rings. The lowest BCUT2D eigenvalue weighted by Crippen LogP contribution is -2.36. The van der Waals surface area contributed by atoms with Crippen LogP contribution in [0.15, 0.2) is 0 Å². The van der Waals surface area contributed by atoms with Gasteiger partial charge in [-0.3, -0.25) is 4.90 Å². The van der Waals surface area contributed by atoms with Gasteiger partial charge in [0, 0.05) is 26.7 Å². The van der Waals surface area contributed by atoms with Gasteiger partial charge in [-0.05, 0) is 31.8 Å². The van der Waals surface area contributed by atoms with Gasteiger partial charge in [0.1, 0.15) is 0 Å². The molecule has 1 aliphatic rings. The number of rotatable bonds is 10. The smallest absolute Gasteiger partial charge is 0.0707 e. The Morgan fingerprint density at radius 3 is 2.68 bits per heavy atom. The van der Waals surface area contributed by atoms with Crippen molar-refractivity contribution >= 4 is 0 Å². The van der Waals surface area contributed by atoms with E-state index >= 15 is 0 Å². The third-order valence-electron chi connectivity index (χ3n) is 3.64. The minimum atomic E-state index is 0.405. The Balaban J connectivity index is 2.16. The normalized spacial score (nSPS) is 23.7. The van der Waals surface area contributed by atoms with Crippen molar-refractivity contribution in [1.29, 1.82) is 0 Å². The molecule has 4 heteroatoms. The van der Waals surface area contributed by atoms with Crippen LogP contribution in [0.2, 0.25) is 0 Å². The van der Waals surface area contributed by atoms with Gasteiger partial charge in [0.2, 0.25) is 0 Å². The van der Waals surface area contributed by atoms with E-state index in [-0.39, 0.29) is 0 Å². The molecule has 0 aromatic heterocycles. The first kappa shape index (κ1) is 16.9. The maximum Gasteiger partial charge on any atom is 0.0707 e. The predicted molar refractivity (Wildman–Crippen MR) is 79.6 cm³/mol. The first-order valence-electron chi connectivity index (χ1n) is 7.73. The highest BCUT2D eigenvalue weighted by Crippen LogP contribution is 2.20. The van der Waals surface area contributed by atoms with Gasteiger partial charge in [-0.25, -0.2) is 0 Å². The molecular formula is C15H32N2O2. The predicted octanol–water partition coefficient (Wildman–Crippen LogP) is 1.75. The van der Waals surface area contributed by atoms with Crippen LogP contribution in [-0.4, -0.2) is 63.5 Å². The van der Waals surface area contributed by atoms with E-state index in [1.165, 1.54) is 12.8 Å². The lowest BCUT2D eigenvalue weighted by Gasteiger charge is -2.24. The maximum absolute atomic E-state index is 6.11. The Morgan fingerprint density at radius 1 is 1.32 bits per heavy atom. The molecule has 1 aliphatic heterocycles. The number of likely N-dealkylation sites (N-methyl/N-ethyl adjacent to an activating group) is 1. The summed E-state index contributed by atoms with van der Waals surface area (Å²) in [6.45, 7) is 12.7. The van der Waals surface area contributed by atoms with E-state index in [4.69, 9.17) is 9.47 Å². The summed E-state index contributed by atoms with van der Waals surface area (Å²) in [6, 6.07) is 0. The highest BCUT2D eigenvalue weighted by molar-refractivity contribution is 4.78. The van der Waals surface area contributed by atoms with Gasteiger partial charge in [-0.1, -0.05) is 20.8 Å². The van der Waals surface area contributed by atoms with Crippen LogP contribution in [0.4, 0.5) is 0 Å². The van der Waals surface area contributed by atoms with Crippen molar-refractivity contribution in [3.8, 4) is 0 Å². The summed E-state index contributed by atoms with van der Waals surface area (Å²) in [6.07, 6.45) is 3.20. The van der Waals surface area contributed by atoms with Gasteiger partial charge in [-0.15, -0.1) is 0 Å². The summed E-state index contributed by atoms with van der Waals surface area (Å²) in [5.41, 5.74) is 0. The van der Waals surface area contributed by atoms with E-state index in [9.17, 15) is 0 Å². The standard InChI is InChI=1S/C15H32N2O2/c1-5-17(8-9-18-4)12-15-7-6-14(19-15)11-16-10-13(2)3/h13-16H,5-12H2,1-4H3. The van der Waals surface area contributed by atoms with Crippen LogP contribution in [-0.2, 0) is 9.47 Å².